The molecule has 3 rings (SSSR count). The van der Waals surface area contributed by atoms with Crippen molar-refractivity contribution in [3.63, 3.8) is 0 Å². The van der Waals surface area contributed by atoms with Crippen LogP contribution in [0.2, 0.25) is 0 Å². The third kappa shape index (κ3) is 4.04. The van der Waals surface area contributed by atoms with Crippen molar-refractivity contribution in [2.24, 2.45) is 5.73 Å². The quantitative estimate of drug-likeness (QED) is 0.397. The maximum Gasteiger partial charge on any atom is 0.269 e. The highest BCUT2D eigenvalue weighted by molar-refractivity contribution is 7.98. The first kappa shape index (κ1) is 17.1. The average molecular weight is 355 g/mol. The number of thioether (sulfide) groups is 1. The van der Waals surface area contributed by atoms with Crippen molar-refractivity contribution >= 4 is 17.4 Å². The Kier molecular flexibility index (Phi) is 5.42. The number of nitro benzene ring substituents is 1. The normalized spacial score (nSPS) is 10.8. The van der Waals surface area contributed by atoms with Gasteiger partial charge in [0.1, 0.15) is 0 Å². The minimum Gasteiger partial charge on any atom is -0.329 e. The molecular weight excluding hydrogens is 338 g/mol. The lowest BCUT2D eigenvalue weighted by atomic mass is 10.2. The summed E-state index contributed by atoms with van der Waals surface area (Å²) in [4.78, 5) is 10.3. The zero-order valence-electron chi connectivity index (χ0n) is 13.4. The molecule has 2 N–H and O–H groups in total. The molecule has 2 aromatic carbocycles. The van der Waals surface area contributed by atoms with Crippen molar-refractivity contribution in [2.75, 3.05) is 6.54 Å². The number of non-ortho nitro benzene ring substituents is 1. The van der Waals surface area contributed by atoms with E-state index >= 15 is 0 Å². The molecule has 0 aliphatic carbocycles. The van der Waals surface area contributed by atoms with Gasteiger partial charge in [0.15, 0.2) is 11.0 Å². The Bertz CT molecular complexity index is 849. The van der Waals surface area contributed by atoms with E-state index in [1.54, 1.807) is 12.1 Å². The van der Waals surface area contributed by atoms with Crippen LogP contribution in [0.4, 0.5) is 5.69 Å². The molecule has 0 fully saturated rings. The summed E-state index contributed by atoms with van der Waals surface area (Å²) in [6.45, 7) is 1.11. The number of nitro groups is 1. The van der Waals surface area contributed by atoms with Crippen LogP contribution in [0.25, 0.3) is 11.4 Å². The molecule has 0 atom stereocenters. The highest BCUT2D eigenvalue weighted by atomic mass is 32.2. The Balaban J connectivity index is 1.78. The van der Waals surface area contributed by atoms with Crippen molar-refractivity contribution in [2.45, 2.75) is 17.5 Å². The molecule has 7 nitrogen and oxygen atoms in total. The summed E-state index contributed by atoms with van der Waals surface area (Å²) >= 11 is 1.53. The summed E-state index contributed by atoms with van der Waals surface area (Å²) in [6, 6.07) is 16.4. The van der Waals surface area contributed by atoms with Gasteiger partial charge in [0, 0.05) is 36.5 Å². The molecule has 1 aromatic heterocycles. The third-order valence-electron chi connectivity index (χ3n) is 3.62. The maximum atomic E-state index is 10.7. The Morgan fingerprint density at radius 2 is 1.80 bits per heavy atom. The Labute approximate surface area is 149 Å². The Hall–Kier alpha value is -2.71. The Morgan fingerprint density at radius 1 is 1.08 bits per heavy atom. The van der Waals surface area contributed by atoms with Gasteiger partial charge in [0.2, 0.25) is 0 Å². The van der Waals surface area contributed by atoms with Gasteiger partial charge < -0.3 is 10.3 Å². The fourth-order valence-corrected chi connectivity index (χ4v) is 3.31. The minimum absolute atomic E-state index is 0.0893. The van der Waals surface area contributed by atoms with E-state index in [9.17, 15) is 10.1 Å². The van der Waals surface area contributed by atoms with Gasteiger partial charge >= 0.3 is 0 Å². The molecule has 25 heavy (non-hydrogen) atoms. The minimum atomic E-state index is -0.402. The molecule has 0 radical (unpaired) electrons. The fourth-order valence-electron chi connectivity index (χ4n) is 2.39. The summed E-state index contributed by atoms with van der Waals surface area (Å²) < 4.78 is 2.01. The molecule has 0 amide bonds. The monoisotopic (exact) mass is 355 g/mol. The van der Waals surface area contributed by atoms with Gasteiger partial charge in [0.05, 0.1) is 4.92 Å². The Morgan fingerprint density at radius 3 is 2.44 bits per heavy atom. The zero-order valence-corrected chi connectivity index (χ0v) is 14.2. The van der Waals surface area contributed by atoms with Crippen LogP contribution < -0.4 is 5.73 Å². The van der Waals surface area contributed by atoms with Crippen molar-refractivity contribution in [1.82, 2.24) is 14.8 Å². The van der Waals surface area contributed by atoms with Gasteiger partial charge in [-0.1, -0.05) is 54.2 Å². The van der Waals surface area contributed by atoms with E-state index in [1.807, 2.05) is 34.9 Å². The highest BCUT2D eigenvalue weighted by Gasteiger charge is 2.14. The summed E-state index contributed by atoms with van der Waals surface area (Å²) in [5.74, 6) is 1.44. The topological polar surface area (TPSA) is 99.9 Å². The standard InChI is InChI=1S/C17H17N5O2S/c18-10-11-21-16(14-4-2-1-3-5-14)19-20-17(21)25-12-13-6-8-15(9-7-13)22(23)24/h1-9H,10-12,18H2. The van der Waals surface area contributed by atoms with Crippen LogP contribution in [0.1, 0.15) is 5.56 Å². The van der Waals surface area contributed by atoms with Gasteiger partial charge in [-0.05, 0) is 5.56 Å². The van der Waals surface area contributed by atoms with E-state index < -0.39 is 4.92 Å². The van der Waals surface area contributed by atoms with Crippen LogP contribution in [0.3, 0.4) is 0 Å². The molecule has 0 aliphatic heterocycles. The smallest absolute Gasteiger partial charge is 0.269 e. The molecule has 0 bridgehead atoms. The third-order valence-corrected chi connectivity index (χ3v) is 4.65. The molecule has 1 heterocycles. The van der Waals surface area contributed by atoms with Crippen LogP contribution in [0.15, 0.2) is 59.8 Å². The molecule has 128 valence electrons. The number of rotatable bonds is 7. The van der Waals surface area contributed by atoms with Gasteiger partial charge in [-0.3, -0.25) is 10.1 Å². The second-order valence-corrected chi connectivity index (χ2v) is 6.27. The van der Waals surface area contributed by atoms with E-state index in [0.717, 1.165) is 22.1 Å². The largest absolute Gasteiger partial charge is 0.329 e. The van der Waals surface area contributed by atoms with Crippen LogP contribution in [0.5, 0.6) is 0 Å². The van der Waals surface area contributed by atoms with E-state index in [2.05, 4.69) is 10.2 Å². The van der Waals surface area contributed by atoms with Crippen LogP contribution in [-0.4, -0.2) is 26.2 Å². The molecule has 0 unspecified atom stereocenters. The van der Waals surface area contributed by atoms with Crippen molar-refractivity contribution < 1.29 is 4.92 Å². The van der Waals surface area contributed by atoms with Gasteiger partial charge in [-0.25, -0.2) is 0 Å². The van der Waals surface area contributed by atoms with Crippen molar-refractivity contribution in [3.8, 4) is 11.4 Å². The van der Waals surface area contributed by atoms with Gasteiger partial charge in [0.25, 0.3) is 5.69 Å². The SMILES string of the molecule is NCCn1c(SCc2ccc([N+](=O)[O-])cc2)nnc1-c1ccccc1. The predicted molar refractivity (Wildman–Crippen MR) is 97.2 cm³/mol. The number of nitrogens with two attached hydrogens (primary N) is 1. The van der Waals surface area contributed by atoms with Crippen LogP contribution >= 0.6 is 11.8 Å². The van der Waals surface area contributed by atoms with Crippen LogP contribution in [0, 0.1) is 10.1 Å². The van der Waals surface area contributed by atoms with E-state index in [4.69, 9.17) is 5.73 Å². The molecule has 0 spiro atoms. The molecule has 0 aliphatic rings. The lowest BCUT2D eigenvalue weighted by Crippen LogP contribution is -2.12. The van der Waals surface area contributed by atoms with E-state index in [0.29, 0.717) is 18.8 Å². The van der Waals surface area contributed by atoms with Crippen molar-refractivity contribution in [1.29, 1.82) is 0 Å². The first-order valence-electron chi connectivity index (χ1n) is 7.74. The lowest BCUT2D eigenvalue weighted by Gasteiger charge is -2.08. The zero-order chi connectivity index (χ0) is 17.6. The van der Waals surface area contributed by atoms with E-state index in [-0.39, 0.29) is 5.69 Å². The number of benzene rings is 2. The first-order valence-corrected chi connectivity index (χ1v) is 8.72. The number of aromatic nitrogens is 3. The molecule has 0 saturated heterocycles. The summed E-state index contributed by atoms with van der Waals surface area (Å²) in [5.41, 5.74) is 7.80. The number of hydrogen-bond donors (Lipinski definition) is 1. The van der Waals surface area contributed by atoms with Gasteiger partial charge in [-0.15, -0.1) is 10.2 Å². The van der Waals surface area contributed by atoms with Gasteiger partial charge in [-0.2, -0.15) is 0 Å². The predicted octanol–water partition coefficient (Wildman–Crippen LogP) is 3.10. The molecule has 0 saturated carbocycles. The summed E-state index contributed by atoms with van der Waals surface area (Å²) in [7, 11) is 0. The second-order valence-electron chi connectivity index (χ2n) is 5.32. The average Bonchev–Trinajstić information content (AvgIpc) is 3.04. The van der Waals surface area contributed by atoms with E-state index in [1.165, 1.54) is 23.9 Å². The highest BCUT2D eigenvalue weighted by Crippen LogP contribution is 2.26. The first-order chi connectivity index (χ1) is 12.2. The summed E-state index contributed by atoms with van der Waals surface area (Å²) in [6.07, 6.45) is 0. The fraction of sp³-hybridized carbons (Fsp3) is 0.176. The molecule has 3 aromatic rings. The lowest BCUT2D eigenvalue weighted by molar-refractivity contribution is -0.384. The summed E-state index contributed by atoms with van der Waals surface area (Å²) in [5, 5.41) is 20.1. The van der Waals surface area contributed by atoms with Crippen molar-refractivity contribution in [3.05, 3.63) is 70.3 Å². The second kappa shape index (κ2) is 7.91. The number of hydrogen-bond acceptors (Lipinski definition) is 6. The molecule has 8 heteroatoms. The number of nitrogens with zero attached hydrogens (tertiary/aromatic N) is 4. The maximum absolute atomic E-state index is 10.7. The van der Waals surface area contributed by atoms with Crippen LogP contribution in [-0.2, 0) is 12.3 Å². The molecular formula is C17H17N5O2S.